The quantitative estimate of drug-likeness (QED) is 0.477. The zero-order valence-electron chi connectivity index (χ0n) is 19.6. The van der Waals surface area contributed by atoms with Crippen LogP contribution in [-0.4, -0.2) is 24.3 Å². The molecule has 0 radical (unpaired) electrons. The van der Waals surface area contributed by atoms with Gasteiger partial charge in [0, 0.05) is 54.7 Å². The molecule has 1 aromatic heterocycles. The van der Waals surface area contributed by atoms with E-state index < -0.39 is 5.54 Å². The fourth-order valence-corrected chi connectivity index (χ4v) is 5.45. The number of nitrogens with one attached hydrogen (secondary N) is 1. The Hall–Kier alpha value is -3.14. The number of aromatic nitrogens is 1. The number of benzene rings is 1. The highest BCUT2D eigenvalue weighted by Gasteiger charge is 2.46. The summed E-state index contributed by atoms with van der Waals surface area (Å²) in [6.45, 7) is 10.6. The van der Waals surface area contributed by atoms with Gasteiger partial charge in [-0.1, -0.05) is 42.0 Å². The lowest BCUT2D eigenvalue weighted by molar-refractivity contribution is 0.413. The molecule has 0 unspecified atom stereocenters. The van der Waals surface area contributed by atoms with Crippen molar-refractivity contribution in [1.29, 1.82) is 0 Å². The summed E-state index contributed by atoms with van der Waals surface area (Å²) in [5.41, 5.74) is 6.77. The van der Waals surface area contributed by atoms with E-state index in [1.54, 1.807) is 6.07 Å². The molecule has 4 heteroatoms. The van der Waals surface area contributed by atoms with E-state index in [4.69, 9.17) is 4.99 Å². The van der Waals surface area contributed by atoms with Crippen molar-refractivity contribution >= 4 is 18.0 Å². The predicted molar refractivity (Wildman–Crippen MR) is 136 cm³/mol. The second-order valence-corrected chi connectivity index (χ2v) is 8.69. The van der Waals surface area contributed by atoms with Gasteiger partial charge in [0.1, 0.15) is 5.54 Å². The smallest absolute Gasteiger partial charge is 0.248 e. The van der Waals surface area contributed by atoms with Crippen LogP contribution in [0.1, 0.15) is 50.9 Å². The van der Waals surface area contributed by atoms with Gasteiger partial charge in [-0.2, -0.15) is 0 Å². The normalized spacial score (nSPS) is 23.6. The lowest BCUT2D eigenvalue weighted by Gasteiger charge is -2.45. The maximum absolute atomic E-state index is 12.0. The number of aromatic amines is 1. The molecule has 0 amide bonds. The number of fused-ring (bicyclic) bond motifs is 4. The van der Waals surface area contributed by atoms with Crippen LogP contribution in [0.3, 0.4) is 0 Å². The predicted octanol–water partition coefficient (Wildman–Crippen LogP) is 5.67. The number of allylic oxidation sites excluding steroid dienone is 3. The molecule has 2 aliphatic carbocycles. The summed E-state index contributed by atoms with van der Waals surface area (Å²) in [5, 5.41) is 0. The summed E-state index contributed by atoms with van der Waals surface area (Å²) < 4.78 is 0. The van der Waals surface area contributed by atoms with Crippen molar-refractivity contribution in [2.75, 3.05) is 18.0 Å². The first-order chi connectivity index (χ1) is 15.5. The second kappa shape index (κ2) is 9.15. The minimum Gasteiger partial charge on any atom is -0.372 e. The maximum Gasteiger partial charge on any atom is 0.248 e. The molecule has 166 valence electrons. The van der Waals surface area contributed by atoms with Crippen LogP contribution in [0.4, 0.5) is 5.69 Å². The third-order valence-electron chi connectivity index (χ3n) is 6.78. The number of hydrogen-bond acceptors (Lipinski definition) is 3. The van der Waals surface area contributed by atoms with Gasteiger partial charge in [-0.05, 0) is 63.5 Å². The van der Waals surface area contributed by atoms with Crippen molar-refractivity contribution in [3.63, 3.8) is 0 Å². The summed E-state index contributed by atoms with van der Waals surface area (Å²) >= 11 is 0. The van der Waals surface area contributed by atoms with Crippen LogP contribution in [0.2, 0.25) is 0 Å². The van der Waals surface area contributed by atoms with Crippen molar-refractivity contribution in [1.82, 2.24) is 4.98 Å². The fraction of sp³-hybridized carbons (Fsp3) is 0.357. The summed E-state index contributed by atoms with van der Waals surface area (Å²) in [5.74, 6) is 0.281. The first kappa shape index (κ1) is 22.1. The average molecular weight is 428 g/mol. The molecule has 2 bridgehead atoms. The summed E-state index contributed by atoms with van der Waals surface area (Å²) in [6, 6.07) is 12.1. The molecule has 4 nitrogen and oxygen atoms in total. The van der Waals surface area contributed by atoms with Crippen molar-refractivity contribution in [3.05, 3.63) is 92.9 Å². The van der Waals surface area contributed by atoms with E-state index in [0.717, 1.165) is 37.2 Å². The highest BCUT2D eigenvalue weighted by Crippen LogP contribution is 2.51. The lowest BCUT2D eigenvalue weighted by Crippen LogP contribution is -2.40. The van der Waals surface area contributed by atoms with Crippen LogP contribution in [0.5, 0.6) is 0 Å². The van der Waals surface area contributed by atoms with E-state index in [1.165, 1.54) is 22.4 Å². The van der Waals surface area contributed by atoms with Crippen LogP contribution < -0.4 is 10.5 Å². The highest BCUT2D eigenvalue weighted by molar-refractivity contribution is 5.82. The largest absolute Gasteiger partial charge is 0.372 e. The van der Waals surface area contributed by atoms with Gasteiger partial charge in [-0.25, -0.2) is 0 Å². The molecule has 0 saturated heterocycles. The first-order valence-corrected chi connectivity index (χ1v) is 11.6. The summed E-state index contributed by atoms with van der Waals surface area (Å²) in [4.78, 5) is 22.6. The standard InChI is InChI=1S/C28H33N3O/c1-5-23-22-17-20(4)19-28(23,24-14-15-27(32)30-25(24)18-22)29-16-10-12-21-11-8-9-13-26(21)31(6-2)7-3/h5,8-17,22H,6-7,18-19H2,1-4H3,(H,30,32)/b12-10?,23-5+,29-16?/t22-,28+/m0/s1. The third kappa shape index (κ3) is 3.90. The molecule has 0 aliphatic heterocycles. The van der Waals surface area contributed by atoms with Crippen molar-refractivity contribution in [3.8, 4) is 0 Å². The molecular weight excluding hydrogens is 394 g/mol. The molecule has 2 aromatic rings. The van der Waals surface area contributed by atoms with E-state index >= 15 is 0 Å². The van der Waals surface area contributed by atoms with Gasteiger partial charge in [-0.3, -0.25) is 9.79 Å². The van der Waals surface area contributed by atoms with Gasteiger partial charge in [0.15, 0.2) is 0 Å². The van der Waals surface area contributed by atoms with E-state index in [0.29, 0.717) is 0 Å². The molecule has 0 fully saturated rings. The SMILES string of the molecule is C/C=C1\[C@H]2C=C(C)C[C@]1(N=CC=Cc1ccccc1N(CC)CC)c1ccc(=O)[nH]c1C2. The molecule has 2 aliphatic rings. The molecule has 32 heavy (non-hydrogen) atoms. The molecule has 1 N–H and O–H groups in total. The van der Waals surface area contributed by atoms with Gasteiger partial charge in [-0.15, -0.1) is 0 Å². The number of hydrogen-bond donors (Lipinski definition) is 1. The van der Waals surface area contributed by atoms with Gasteiger partial charge in [0.2, 0.25) is 5.56 Å². The van der Waals surface area contributed by atoms with Gasteiger partial charge in [0.25, 0.3) is 0 Å². The number of rotatable bonds is 6. The van der Waals surface area contributed by atoms with Crippen LogP contribution in [0, 0.1) is 5.92 Å². The highest BCUT2D eigenvalue weighted by atomic mass is 16.1. The Bertz CT molecular complexity index is 1160. The average Bonchev–Trinajstić information content (AvgIpc) is 2.77. The molecule has 4 rings (SSSR count). The second-order valence-electron chi connectivity index (χ2n) is 8.69. The van der Waals surface area contributed by atoms with Crippen molar-refractivity contribution in [2.45, 2.75) is 46.1 Å². The van der Waals surface area contributed by atoms with Crippen LogP contribution >= 0.6 is 0 Å². The monoisotopic (exact) mass is 427 g/mol. The number of pyridine rings is 1. The third-order valence-corrected chi connectivity index (χ3v) is 6.78. The zero-order valence-corrected chi connectivity index (χ0v) is 19.6. The van der Waals surface area contributed by atoms with E-state index in [1.807, 2.05) is 18.4 Å². The summed E-state index contributed by atoms with van der Waals surface area (Å²) in [6.07, 6.45) is 12.4. The minimum atomic E-state index is -0.446. The minimum absolute atomic E-state index is 0.0431. The maximum atomic E-state index is 12.0. The Morgan fingerprint density at radius 2 is 1.97 bits per heavy atom. The van der Waals surface area contributed by atoms with Gasteiger partial charge < -0.3 is 9.88 Å². The van der Waals surface area contributed by atoms with Crippen LogP contribution in [-0.2, 0) is 12.0 Å². The Balaban J connectivity index is 1.73. The lowest BCUT2D eigenvalue weighted by atomic mass is 9.63. The number of para-hydroxylation sites is 1. The molecule has 2 atom stereocenters. The Morgan fingerprint density at radius 3 is 2.72 bits per heavy atom. The van der Waals surface area contributed by atoms with Crippen LogP contribution in [0.15, 0.2) is 75.6 Å². The summed E-state index contributed by atoms with van der Waals surface area (Å²) in [7, 11) is 0. The van der Waals surface area contributed by atoms with Crippen molar-refractivity contribution in [2.24, 2.45) is 10.9 Å². The van der Waals surface area contributed by atoms with Crippen LogP contribution in [0.25, 0.3) is 6.08 Å². The van der Waals surface area contributed by atoms with E-state index in [2.05, 4.69) is 80.1 Å². The van der Waals surface area contributed by atoms with Crippen molar-refractivity contribution < 1.29 is 0 Å². The number of anilines is 1. The topological polar surface area (TPSA) is 48.5 Å². The molecule has 0 spiro atoms. The Labute approximate surface area is 191 Å². The molecule has 1 aromatic carbocycles. The number of H-pyrrole nitrogens is 1. The molecular formula is C28H33N3O. The molecule has 0 saturated carbocycles. The van der Waals surface area contributed by atoms with E-state index in [9.17, 15) is 4.79 Å². The Morgan fingerprint density at radius 1 is 1.19 bits per heavy atom. The van der Waals surface area contributed by atoms with Gasteiger partial charge in [0.05, 0.1) is 0 Å². The first-order valence-electron chi connectivity index (χ1n) is 11.6. The number of nitrogens with zero attached hydrogens (tertiary/aromatic N) is 2. The zero-order chi connectivity index (χ0) is 22.7. The Kier molecular flexibility index (Phi) is 6.31. The fourth-order valence-electron chi connectivity index (χ4n) is 5.45. The number of aliphatic imine (C=N–C) groups is 1. The van der Waals surface area contributed by atoms with E-state index in [-0.39, 0.29) is 11.5 Å². The van der Waals surface area contributed by atoms with Gasteiger partial charge >= 0.3 is 0 Å². The molecule has 1 heterocycles.